The molecule has 0 atom stereocenters. The van der Waals surface area contributed by atoms with Crippen molar-refractivity contribution in [2.24, 2.45) is 0 Å². The maximum absolute atomic E-state index is 12.7. The number of hydrogen-bond donors (Lipinski definition) is 1. The van der Waals surface area contributed by atoms with Gasteiger partial charge in [0.25, 0.3) is 0 Å². The molecule has 0 spiro atoms. The first-order valence-electron chi connectivity index (χ1n) is 5.52. The van der Waals surface area contributed by atoms with Gasteiger partial charge in [-0.2, -0.15) is 13.2 Å². The van der Waals surface area contributed by atoms with E-state index >= 15 is 0 Å². The molecule has 19 heavy (non-hydrogen) atoms. The Labute approximate surface area is 107 Å². The van der Waals surface area contributed by atoms with E-state index in [4.69, 9.17) is 0 Å². The first-order chi connectivity index (χ1) is 8.99. The molecule has 100 valence electrons. The zero-order valence-corrected chi connectivity index (χ0v) is 10.1. The summed E-state index contributed by atoms with van der Waals surface area (Å²) in [5.41, 5.74) is 0.918. The van der Waals surface area contributed by atoms with Crippen LogP contribution in [0.3, 0.4) is 0 Å². The summed E-state index contributed by atoms with van der Waals surface area (Å²) < 4.78 is 38.0. The zero-order valence-electron chi connectivity index (χ0n) is 10.1. The highest BCUT2D eigenvalue weighted by Crippen LogP contribution is 2.27. The van der Waals surface area contributed by atoms with E-state index in [1.165, 1.54) is 13.1 Å². The number of alkyl halides is 3. The molecule has 0 aromatic carbocycles. The summed E-state index contributed by atoms with van der Waals surface area (Å²) in [4.78, 5) is 11.0. The molecule has 0 amide bonds. The van der Waals surface area contributed by atoms with Crippen molar-refractivity contribution in [2.75, 3.05) is 12.4 Å². The summed E-state index contributed by atoms with van der Waals surface area (Å²) in [6, 6.07) is 6.72. The predicted octanol–water partition coefficient (Wildman–Crippen LogP) is 2.52. The van der Waals surface area contributed by atoms with Crippen molar-refractivity contribution >= 4 is 5.82 Å². The second-order valence-corrected chi connectivity index (χ2v) is 3.81. The van der Waals surface area contributed by atoms with Crippen LogP contribution in [0, 0.1) is 0 Å². The lowest BCUT2D eigenvalue weighted by Crippen LogP contribution is -2.14. The molecule has 0 unspecified atom stereocenters. The predicted molar refractivity (Wildman–Crippen MR) is 63.6 cm³/mol. The van der Waals surface area contributed by atoms with Crippen molar-refractivity contribution in [1.29, 1.82) is 0 Å². The minimum Gasteiger partial charge on any atom is -0.373 e. The second kappa shape index (κ2) is 5.21. The van der Waals surface area contributed by atoms with Gasteiger partial charge < -0.3 is 5.32 Å². The smallest absolute Gasteiger partial charge is 0.373 e. The number of hydrogen-bond acceptors (Lipinski definition) is 4. The van der Waals surface area contributed by atoms with Gasteiger partial charge in [-0.3, -0.25) is 4.98 Å². The minimum atomic E-state index is -4.56. The van der Waals surface area contributed by atoms with Crippen LogP contribution in [0.25, 0.3) is 0 Å². The number of pyridine rings is 1. The van der Waals surface area contributed by atoms with E-state index in [0.29, 0.717) is 5.69 Å². The SMILES string of the molecule is CNc1cc(Cc2ccccn2)nc(C(F)(F)F)n1. The van der Waals surface area contributed by atoms with Crippen molar-refractivity contribution in [3.63, 3.8) is 0 Å². The van der Waals surface area contributed by atoms with E-state index in [2.05, 4.69) is 20.3 Å². The maximum Gasteiger partial charge on any atom is 0.451 e. The van der Waals surface area contributed by atoms with Crippen molar-refractivity contribution in [1.82, 2.24) is 15.0 Å². The third kappa shape index (κ3) is 3.40. The molecule has 0 aliphatic rings. The molecule has 0 saturated carbocycles. The van der Waals surface area contributed by atoms with Crippen molar-refractivity contribution in [3.8, 4) is 0 Å². The fraction of sp³-hybridized carbons (Fsp3) is 0.250. The van der Waals surface area contributed by atoms with Crippen LogP contribution >= 0.6 is 0 Å². The lowest BCUT2D eigenvalue weighted by molar-refractivity contribution is -0.145. The quantitative estimate of drug-likeness (QED) is 0.929. The fourth-order valence-electron chi connectivity index (χ4n) is 1.53. The Bertz CT molecular complexity index is 555. The van der Waals surface area contributed by atoms with E-state index in [1.54, 1.807) is 24.4 Å². The van der Waals surface area contributed by atoms with E-state index < -0.39 is 12.0 Å². The molecule has 0 aliphatic carbocycles. The average Bonchev–Trinajstić information content (AvgIpc) is 2.38. The van der Waals surface area contributed by atoms with Crippen LogP contribution in [-0.4, -0.2) is 22.0 Å². The maximum atomic E-state index is 12.7. The van der Waals surface area contributed by atoms with Crippen LogP contribution in [0.15, 0.2) is 30.5 Å². The number of rotatable bonds is 3. The molecule has 0 radical (unpaired) electrons. The van der Waals surface area contributed by atoms with Crippen LogP contribution in [-0.2, 0) is 12.6 Å². The number of anilines is 1. The van der Waals surface area contributed by atoms with Crippen LogP contribution in [0.4, 0.5) is 19.0 Å². The molecule has 0 aliphatic heterocycles. The van der Waals surface area contributed by atoms with Crippen molar-refractivity contribution < 1.29 is 13.2 Å². The summed E-state index contributed by atoms with van der Waals surface area (Å²) >= 11 is 0. The molecule has 0 bridgehead atoms. The molecular formula is C12H11F3N4. The van der Waals surface area contributed by atoms with Crippen LogP contribution < -0.4 is 5.32 Å². The lowest BCUT2D eigenvalue weighted by Gasteiger charge is -2.09. The molecule has 0 fully saturated rings. The Kier molecular flexibility index (Phi) is 3.64. The first-order valence-corrected chi connectivity index (χ1v) is 5.52. The summed E-state index contributed by atoms with van der Waals surface area (Å²) in [6.07, 6.45) is -2.76. The van der Waals surface area contributed by atoms with Crippen LogP contribution in [0.1, 0.15) is 17.2 Å². The van der Waals surface area contributed by atoms with Gasteiger partial charge in [0.15, 0.2) is 0 Å². The van der Waals surface area contributed by atoms with Gasteiger partial charge in [-0.15, -0.1) is 0 Å². The molecule has 2 heterocycles. The largest absolute Gasteiger partial charge is 0.451 e. The van der Waals surface area contributed by atoms with Gasteiger partial charge >= 0.3 is 6.18 Å². The van der Waals surface area contributed by atoms with E-state index in [0.717, 1.165) is 0 Å². The van der Waals surface area contributed by atoms with Gasteiger partial charge in [-0.25, -0.2) is 9.97 Å². The van der Waals surface area contributed by atoms with Gasteiger partial charge in [0.05, 0.1) is 5.69 Å². The molecule has 4 nitrogen and oxygen atoms in total. The number of nitrogens with one attached hydrogen (secondary N) is 1. The second-order valence-electron chi connectivity index (χ2n) is 3.81. The Hall–Kier alpha value is -2.18. The highest BCUT2D eigenvalue weighted by Gasteiger charge is 2.35. The number of nitrogens with zero attached hydrogens (tertiary/aromatic N) is 3. The molecule has 2 aromatic heterocycles. The average molecular weight is 268 g/mol. The number of aromatic nitrogens is 3. The Morgan fingerprint density at radius 3 is 2.53 bits per heavy atom. The summed E-state index contributed by atoms with van der Waals surface area (Å²) in [5, 5.41) is 2.59. The van der Waals surface area contributed by atoms with E-state index in [9.17, 15) is 13.2 Å². The Balaban J connectivity index is 2.35. The van der Waals surface area contributed by atoms with Crippen LogP contribution in [0.2, 0.25) is 0 Å². The molecule has 7 heteroatoms. The monoisotopic (exact) mass is 268 g/mol. The molecule has 2 aromatic rings. The minimum absolute atomic E-state index is 0.133. The third-order valence-electron chi connectivity index (χ3n) is 2.38. The van der Waals surface area contributed by atoms with Gasteiger partial charge in [-0.1, -0.05) is 6.07 Å². The van der Waals surface area contributed by atoms with Crippen molar-refractivity contribution in [3.05, 3.63) is 47.7 Å². The Morgan fingerprint density at radius 2 is 1.95 bits per heavy atom. The summed E-state index contributed by atoms with van der Waals surface area (Å²) in [5.74, 6) is -1.02. The molecular weight excluding hydrogens is 257 g/mol. The zero-order chi connectivity index (χ0) is 13.9. The fourth-order valence-corrected chi connectivity index (χ4v) is 1.53. The van der Waals surface area contributed by atoms with Gasteiger partial charge in [0.1, 0.15) is 5.82 Å². The van der Waals surface area contributed by atoms with Gasteiger partial charge in [0, 0.05) is 31.4 Å². The molecule has 2 rings (SSSR count). The first kappa shape index (κ1) is 13.3. The standard InChI is InChI=1S/C12H11F3N4/c1-16-10-7-9(6-8-4-2-3-5-17-8)18-11(19-10)12(13,14)15/h2-5,7H,6H2,1H3,(H,16,18,19). The Morgan fingerprint density at radius 1 is 1.16 bits per heavy atom. The highest BCUT2D eigenvalue weighted by atomic mass is 19.4. The molecule has 1 N–H and O–H groups in total. The van der Waals surface area contributed by atoms with E-state index in [1.807, 2.05) is 0 Å². The van der Waals surface area contributed by atoms with Crippen molar-refractivity contribution in [2.45, 2.75) is 12.6 Å². The normalized spacial score (nSPS) is 11.4. The van der Waals surface area contributed by atoms with Gasteiger partial charge in [0.2, 0.25) is 5.82 Å². The summed E-state index contributed by atoms with van der Waals surface area (Å²) in [6.45, 7) is 0. The third-order valence-corrected chi connectivity index (χ3v) is 2.38. The number of halogens is 3. The van der Waals surface area contributed by atoms with Crippen LogP contribution in [0.5, 0.6) is 0 Å². The summed E-state index contributed by atoms with van der Waals surface area (Å²) in [7, 11) is 1.51. The topological polar surface area (TPSA) is 50.7 Å². The van der Waals surface area contributed by atoms with Gasteiger partial charge in [-0.05, 0) is 12.1 Å². The molecule has 0 saturated heterocycles. The highest BCUT2D eigenvalue weighted by molar-refractivity contribution is 5.36. The lowest BCUT2D eigenvalue weighted by atomic mass is 10.2. The van der Waals surface area contributed by atoms with E-state index in [-0.39, 0.29) is 17.9 Å².